The maximum Gasteiger partial charge on any atom is 0.312 e. The van der Waals surface area contributed by atoms with Crippen molar-refractivity contribution in [3.8, 4) is 0 Å². The van der Waals surface area contributed by atoms with Crippen LogP contribution in [0.2, 0.25) is 0 Å². The lowest BCUT2D eigenvalue weighted by molar-refractivity contribution is -0.154. The summed E-state index contributed by atoms with van der Waals surface area (Å²) in [7, 11) is 0. The largest absolute Gasteiger partial charge is 0.361 e. The molecule has 2 aliphatic rings. The Morgan fingerprint density at radius 2 is 1.86 bits per heavy atom. The zero-order valence-electron chi connectivity index (χ0n) is 16.4. The normalized spacial score (nSPS) is 20.1. The number of para-hydroxylation sites is 1. The molecular formula is C21H24N6O2. The van der Waals surface area contributed by atoms with E-state index in [0.29, 0.717) is 32.1 Å². The van der Waals surface area contributed by atoms with Crippen LogP contribution in [0.15, 0.2) is 36.8 Å². The van der Waals surface area contributed by atoms with Crippen LogP contribution < -0.4 is 0 Å². The van der Waals surface area contributed by atoms with Gasteiger partial charge in [0, 0.05) is 43.3 Å². The van der Waals surface area contributed by atoms with Gasteiger partial charge < -0.3 is 19.4 Å². The van der Waals surface area contributed by atoms with E-state index in [2.05, 4.69) is 39.6 Å². The van der Waals surface area contributed by atoms with Crippen molar-refractivity contribution >= 4 is 22.7 Å². The summed E-state index contributed by atoms with van der Waals surface area (Å²) in [6.07, 6.45) is 5.49. The number of aromatic amines is 1. The summed E-state index contributed by atoms with van der Waals surface area (Å²) < 4.78 is 1.94. The first-order chi connectivity index (χ1) is 14.1. The van der Waals surface area contributed by atoms with E-state index < -0.39 is 11.8 Å². The number of rotatable bonds is 1. The molecular weight excluding hydrogens is 368 g/mol. The van der Waals surface area contributed by atoms with Gasteiger partial charge in [-0.05, 0) is 37.3 Å². The Labute approximate surface area is 168 Å². The highest BCUT2D eigenvalue weighted by atomic mass is 16.2. The maximum absolute atomic E-state index is 12.9. The van der Waals surface area contributed by atoms with Gasteiger partial charge in [0.15, 0.2) is 5.82 Å². The molecule has 2 aromatic heterocycles. The van der Waals surface area contributed by atoms with Crippen LogP contribution in [0.3, 0.4) is 0 Å². The predicted octanol–water partition coefficient (Wildman–Crippen LogP) is 2.07. The number of fused-ring (bicyclic) bond motifs is 2. The van der Waals surface area contributed by atoms with E-state index in [1.54, 1.807) is 16.1 Å². The maximum atomic E-state index is 12.9. The lowest BCUT2D eigenvalue weighted by Crippen LogP contribution is -2.50. The van der Waals surface area contributed by atoms with Crippen molar-refractivity contribution in [2.45, 2.75) is 38.3 Å². The van der Waals surface area contributed by atoms with E-state index in [4.69, 9.17) is 0 Å². The number of nitrogens with one attached hydrogen (secondary N) is 1. The molecule has 0 saturated carbocycles. The quantitative estimate of drug-likeness (QED) is 0.642. The Hall–Kier alpha value is -3.16. The number of carbonyl (C=O) groups excluding carboxylic acids is 2. The molecule has 2 aliphatic heterocycles. The van der Waals surface area contributed by atoms with E-state index in [9.17, 15) is 9.59 Å². The summed E-state index contributed by atoms with van der Waals surface area (Å²) in [5.41, 5.74) is 2.45. The topological polar surface area (TPSA) is 87.1 Å². The smallest absolute Gasteiger partial charge is 0.312 e. The van der Waals surface area contributed by atoms with Crippen LogP contribution in [-0.4, -0.2) is 61.0 Å². The molecule has 0 bridgehead atoms. The summed E-state index contributed by atoms with van der Waals surface area (Å²) in [5.74, 6) is 0.299. The van der Waals surface area contributed by atoms with E-state index in [1.165, 1.54) is 10.9 Å². The second-order valence-corrected chi connectivity index (χ2v) is 7.91. The van der Waals surface area contributed by atoms with E-state index in [0.717, 1.165) is 24.2 Å². The van der Waals surface area contributed by atoms with Crippen molar-refractivity contribution in [3.63, 3.8) is 0 Å². The lowest BCUT2D eigenvalue weighted by atomic mass is 9.89. The van der Waals surface area contributed by atoms with Crippen LogP contribution in [0.5, 0.6) is 0 Å². The molecule has 150 valence electrons. The summed E-state index contributed by atoms with van der Waals surface area (Å²) in [4.78, 5) is 32.4. The van der Waals surface area contributed by atoms with Crippen LogP contribution in [0.4, 0.5) is 0 Å². The molecule has 1 aromatic carbocycles. The fraction of sp³-hybridized carbons (Fsp3) is 0.429. The molecule has 3 aromatic rings. The fourth-order valence-corrected chi connectivity index (χ4v) is 4.67. The molecule has 0 spiro atoms. The van der Waals surface area contributed by atoms with E-state index in [-0.39, 0.29) is 6.04 Å². The number of aromatic nitrogens is 4. The highest BCUT2D eigenvalue weighted by Gasteiger charge is 2.36. The monoisotopic (exact) mass is 392 g/mol. The minimum atomic E-state index is -0.433. The number of hydrogen-bond donors (Lipinski definition) is 1. The van der Waals surface area contributed by atoms with Gasteiger partial charge in [0.2, 0.25) is 0 Å². The van der Waals surface area contributed by atoms with Gasteiger partial charge in [-0.25, -0.2) is 0 Å². The third-order valence-corrected chi connectivity index (χ3v) is 6.36. The number of piperidine rings is 1. The van der Waals surface area contributed by atoms with Crippen LogP contribution in [0.1, 0.15) is 43.1 Å². The van der Waals surface area contributed by atoms with Gasteiger partial charge in [-0.1, -0.05) is 18.2 Å². The predicted molar refractivity (Wildman–Crippen MR) is 107 cm³/mol. The Balaban J connectivity index is 1.25. The summed E-state index contributed by atoms with van der Waals surface area (Å²) in [6, 6.07) is 8.05. The highest BCUT2D eigenvalue weighted by molar-refractivity contribution is 6.35. The molecule has 0 aliphatic carbocycles. The van der Waals surface area contributed by atoms with Crippen LogP contribution >= 0.6 is 0 Å². The first-order valence-corrected chi connectivity index (χ1v) is 10.2. The second-order valence-electron chi connectivity index (χ2n) is 7.91. The summed E-state index contributed by atoms with van der Waals surface area (Å²) >= 11 is 0. The molecule has 29 heavy (non-hydrogen) atoms. The molecule has 1 fully saturated rings. The van der Waals surface area contributed by atoms with Gasteiger partial charge in [-0.2, -0.15) is 0 Å². The van der Waals surface area contributed by atoms with Crippen molar-refractivity contribution in [1.82, 2.24) is 29.5 Å². The van der Waals surface area contributed by atoms with Gasteiger partial charge in [-0.15, -0.1) is 10.2 Å². The van der Waals surface area contributed by atoms with E-state index in [1.807, 2.05) is 17.6 Å². The molecule has 8 heteroatoms. The minimum absolute atomic E-state index is 0.244. The molecule has 1 unspecified atom stereocenters. The van der Waals surface area contributed by atoms with Crippen LogP contribution in [-0.2, 0) is 16.1 Å². The Kier molecular flexibility index (Phi) is 4.34. The molecule has 8 nitrogen and oxygen atoms in total. The number of H-pyrrole nitrogens is 1. The Morgan fingerprint density at radius 1 is 1.07 bits per heavy atom. The van der Waals surface area contributed by atoms with Gasteiger partial charge in [-0.3, -0.25) is 9.59 Å². The third-order valence-electron chi connectivity index (χ3n) is 6.36. The van der Waals surface area contributed by atoms with Crippen molar-refractivity contribution in [1.29, 1.82) is 0 Å². The highest BCUT2D eigenvalue weighted by Crippen LogP contribution is 2.33. The van der Waals surface area contributed by atoms with Crippen molar-refractivity contribution < 1.29 is 9.59 Å². The molecule has 0 radical (unpaired) electrons. The number of hydrogen-bond acceptors (Lipinski definition) is 4. The molecule has 1 atom stereocenters. The lowest BCUT2D eigenvalue weighted by Gasteiger charge is -2.36. The molecule has 5 rings (SSSR count). The molecule has 1 N–H and O–H groups in total. The van der Waals surface area contributed by atoms with Crippen molar-refractivity contribution in [2.24, 2.45) is 0 Å². The average molecular weight is 392 g/mol. The first kappa shape index (κ1) is 17.9. The number of amides is 2. The average Bonchev–Trinajstić information content (AvgIpc) is 3.41. The molecule has 4 heterocycles. The summed E-state index contributed by atoms with van der Waals surface area (Å²) in [6.45, 7) is 4.23. The van der Waals surface area contributed by atoms with Gasteiger partial charge in [0.25, 0.3) is 0 Å². The van der Waals surface area contributed by atoms with E-state index >= 15 is 0 Å². The number of nitrogens with zero attached hydrogens (tertiary/aromatic N) is 5. The zero-order chi connectivity index (χ0) is 20.0. The SMILES string of the molecule is CC1c2nncn2CCN1C(=O)C(=O)N1CCC(c2c[nH]c3ccccc23)CC1. The second kappa shape index (κ2) is 7.02. The number of benzene rings is 1. The zero-order valence-corrected chi connectivity index (χ0v) is 16.4. The van der Waals surface area contributed by atoms with Crippen molar-refractivity contribution in [2.75, 3.05) is 19.6 Å². The van der Waals surface area contributed by atoms with Crippen LogP contribution in [0, 0.1) is 0 Å². The van der Waals surface area contributed by atoms with Gasteiger partial charge in [0.1, 0.15) is 6.33 Å². The Bertz CT molecular complexity index is 1060. The van der Waals surface area contributed by atoms with Crippen LogP contribution in [0.25, 0.3) is 10.9 Å². The standard InChI is InChI=1S/C21H24N6O2/c1-14-19-24-23-13-26(19)10-11-27(14)21(29)20(28)25-8-6-15(7-9-25)17-12-22-18-5-3-2-4-16(17)18/h2-5,12-15,22H,6-11H2,1H3. The van der Waals surface area contributed by atoms with Crippen molar-refractivity contribution in [3.05, 3.63) is 48.2 Å². The molecule has 1 saturated heterocycles. The number of likely N-dealkylation sites (tertiary alicyclic amines) is 1. The minimum Gasteiger partial charge on any atom is -0.361 e. The third kappa shape index (κ3) is 2.99. The Morgan fingerprint density at radius 3 is 2.69 bits per heavy atom. The first-order valence-electron chi connectivity index (χ1n) is 10.2. The summed E-state index contributed by atoms with van der Waals surface area (Å²) in [5, 5.41) is 9.26. The van der Waals surface area contributed by atoms with Gasteiger partial charge in [0.05, 0.1) is 6.04 Å². The van der Waals surface area contributed by atoms with Gasteiger partial charge >= 0.3 is 11.8 Å². The number of carbonyl (C=O) groups is 2. The fourth-order valence-electron chi connectivity index (χ4n) is 4.67. The molecule has 2 amide bonds.